The van der Waals surface area contributed by atoms with Crippen LogP contribution in [0.4, 0.5) is 5.88 Å². The lowest BCUT2D eigenvalue weighted by Crippen LogP contribution is -2.11. The van der Waals surface area contributed by atoms with Crippen LogP contribution in [0.25, 0.3) is 22.1 Å². The third-order valence-electron chi connectivity index (χ3n) is 3.99. The Morgan fingerprint density at radius 3 is 2.28 bits per heavy atom. The first kappa shape index (κ1) is 15.5. The topological polar surface area (TPSA) is 42.2 Å². The molecule has 1 amide bonds. The van der Waals surface area contributed by atoms with E-state index in [2.05, 4.69) is 5.32 Å². The van der Waals surface area contributed by atoms with Crippen molar-refractivity contribution in [3.63, 3.8) is 0 Å². The first-order chi connectivity index (χ1) is 12.2. The minimum atomic E-state index is -0.243. The number of anilines is 1. The fourth-order valence-electron chi connectivity index (χ4n) is 2.80. The van der Waals surface area contributed by atoms with Gasteiger partial charge >= 0.3 is 0 Å². The average Bonchev–Trinajstić information content (AvgIpc) is 3.00. The van der Waals surface area contributed by atoms with Crippen LogP contribution in [0.1, 0.15) is 10.4 Å². The van der Waals surface area contributed by atoms with Gasteiger partial charge in [-0.1, -0.05) is 60.1 Å². The number of carbonyl (C=O) groups excluding carboxylic acids is 1. The lowest BCUT2D eigenvalue weighted by Gasteiger charge is -2.06. The SMILES string of the molecule is O=C(Nc1oc2ccccc2c1-c1ccccc1)c1ccc(Cl)cc1. The Labute approximate surface area is 149 Å². The summed E-state index contributed by atoms with van der Waals surface area (Å²) >= 11 is 5.89. The molecule has 122 valence electrons. The Morgan fingerprint density at radius 2 is 1.52 bits per heavy atom. The minimum absolute atomic E-state index is 0.243. The summed E-state index contributed by atoms with van der Waals surface area (Å²) in [5.41, 5.74) is 3.11. The third-order valence-corrected chi connectivity index (χ3v) is 4.24. The van der Waals surface area contributed by atoms with Gasteiger partial charge in [-0.25, -0.2) is 0 Å². The van der Waals surface area contributed by atoms with Crippen molar-refractivity contribution in [3.8, 4) is 11.1 Å². The van der Waals surface area contributed by atoms with Crippen molar-refractivity contribution in [2.45, 2.75) is 0 Å². The Bertz CT molecular complexity index is 1040. The zero-order chi connectivity index (χ0) is 17.2. The highest BCUT2D eigenvalue weighted by atomic mass is 35.5. The van der Waals surface area contributed by atoms with Crippen LogP contribution >= 0.6 is 11.6 Å². The molecule has 0 aliphatic heterocycles. The summed E-state index contributed by atoms with van der Waals surface area (Å²) in [5, 5.41) is 4.43. The molecule has 0 atom stereocenters. The third kappa shape index (κ3) is 3.02. The molecule has 0 saturated carbocycles. The highest BCUT2D eigenvalue weighted by Crippen LogP contribution is 2.38. The normalized spacial score (nSPS) is 10.8. The molecular formula is C21H14ClNO2. The zero-order valence-electron chi connectivity index (χ0n) is 13.2. The fourth-order valence-corrected chi connectivity index (χ4v) is 2.93. The van der Waals surface area contributed by atoms with Crippen LogP contribution in [0.15, 0.2) is 83.3 Å². The van der Waals surface area contributed by atoms with Crippen molar-refractivity contribution in [1.29, 1.82) is 0 Å². The number of benzene rings is 3. The number of carbonyl (C=O) groups is 1. The Hall–Kier alpha value is -3.04. The number of hydrogen-bond acceptors (Lipinski definition) is 2. The molecule has 0 fully saturated rings. The van der Waals surface area contributed by atoms with E-state index in [9.17, 15) is 4.79 Å². The number of para-hydroxylation sites is 1. The summed E-state index contributed by atoms with van der Waals surface area (Å²) < 4.78 is 5.91. The first-order valence-electron chi connectivity index (χ1n) is 7.86. The lowest BCUT2D eigenvalue weighted by molar-refractivity contribution is 0.102. The maximum Gasteiger partial charge on any atom is 0.257 e. The molecule has 0 aliphatic carbocycles. The van der Waals surface area contributed by atoms with Crippen LogP contribution in [0, 0.1) is 0 Å². The van der Waals surface area contributed by atoms with Crippen molar-refractivity contribution < 1.29 is 9.21 Å². The van der Waals surface area contributed by atoms with Gasteiger partial charge in [-0.3, -0.25) is 10.1 Å². The van der Waals surface area contributed by atoms with Crippen molar-refractivity contribution >= 4 is 34.4 Å². The molecule has 25 heavy (non-hydrogen) atoms. The maximum absolute atomic E-state index is 12.6. The molecule has 4 rings (SSSR count). The van der Waals surface area contributed by atoms with E-state index in [0.717, 1.165) is 22.1 Å². The van der Waals surface area contributed by atoms with Crippen molar-refractivity contribution in [2.75, 3.05) is 5.32 Å². The highest BCUT2D eigenvalue weighted by Gasteiger charge is 2.18. The van der Waals surface area contributed by atoms with Crippen molar-refractivity contribution in [3.05, 3.63) is 89.4 Å². The second kappa shape index (κ2) is 6.46. The molecule has 1 N–H and O–H groups in total. The van der Waals surface area contributed by atoms with E-state index < -0.39 is 0 Å². The molecule has 4 heteroatoms. The smallest absolute Gasteiger partial charge is 0.257 e. The van der Waals surface area contributed by atoms with E-state index in [0.29, 0.717) is 16.5 Å². The minimum Gasteiger partial charge on any atom is -0.440 e. The van der Waals surface area contributed by atoms with Crippen LogP contribution in [-0.2, 0) is 0 Å². The second-order valence-electron chi connectivity index (χ2n) is 5.63. The first-order valence-corrected chi connectivity index (χ1v) is 8.24. The fraction of sp³-hybridized carbons (Fsp3) is 0. The molecule has 0 spiro atoms. The number of rotatable bonds is 3. The average molecular weight is 348 g/mol. The molecule has 3 aromatic carbocycles. The molecule has 3 nitrogen and oxygen atoms in total. The molecule has 0 unspecified atom stereocenters. The van der Waals surface area contributed by atoms with Gasteiger partial charge in [0.05, 0.1) is 5.56 Å². The monoisotopic (exact) mass is 347 g/mol. The molecular weight excluding hydrogens is 334 g/mol. The molecule has 4 aromatic rings. The van der Waals surface area contributed by atoms with Gasteiger partial charge in [-0.15, -0.1) is 0 Å². The van der Waals surface area contributed by atoms with Crippen LogP contribution in [0.3, 0.4) is 0 Å². The van der Waals surface area contributed by atoms with E-state index in [4.69, 9.17) is 16.0 Å². The number of furan rings is 1. The predicted octanol–water partition coefficient (Wildman–Crippen LogP) is 6.01. The largest absolute Gasteiger partial charge is 0.440 e. The summed E-state index contributed by atoms with van der Waals surface area (Å²) in [6, 6.07) is 24.3. The van der Waals surface area contributed by atoms with E-state index in [1.807, 2.05) is 54.6 Å². The Kier molecular flexibility index (Phi) is 4.00. The number of amides is 1. The Morgan fingerprint density at radius 1 is 0.840 bits per heavy atom. The van der Waals surface area contributed by atoms with E-state index in [-0.39, 0.29) is 5.91 Å². The van der Waals surface area contributed by atoms with Gasteiger partial charge in [0, 0.05) is 16.0 Å². The van der Waals surface area contributed by atoms with Gasteiger partial charge in [-0.2, -0.15) is 0 Å². The number of fused-ring (bicyclic) bond motifs is 1. The number of hydrogen-bond donors (Lipinski definition) is 1. The molecule has 0 aliphatic rings. The summed E-state index contributed by atoms with van der Waals surface area (Å²) in [4.78, 5) is 12.6. The van der Waals surface area contributed by atoms with Gasteiger partial charge in [0.1, 0.15) is 5.58 Å². The van der Waals surface area contributed by atoms with Gasteiger partial charge in [0.2, 0.25) is 5.88 Å². The van der Waals surface area contributed by atoms with Crippen LogP contribution < -0.4 is 5.32 Å². The lowest BCUT2D eigenvalue weighted by atomic mass is 10.0. The quantitative estimate of drug-likeness (QED) is 0.493. The van der Waals surface area contributed by atoms with Crippen LogP contribution in [0.5, 0.6) is 0 Å². The van der Waals surface area contributed by atoms with Crippen LogP contribution in [0.2, 0.25) is 5.02 Å². The van der Waals surface area contributed by atoms with E-state index in [1.165, 1.54) is 0 Å². The van der Waals surface area contributed by atoms with Gasteiger partial charge in [-0.05, 0) is 35.9 Å². The second-order valence-corrected chi connectivity index (χ2v) is 6.07. The van der Waals surface area contributed by atoms with Crippen molar-refractivity contribution in [1.82, 2.24) is 0 Å². The molecule has 0 saturated heterocycles. The Balaban J connectivity index is 1.79. The summed E-state index contributed by atoms with van der Waals surface area (Å²) in [6.07, 6.45) is 0. The predicted molar refractivity (Wildman–Crippen MR) is 101 cm³/mol. The zero-order valence-corrected chi connectivity index (χ0v) is 14.0. The maximum atomic E-state index is 12.6. The summed E-state index contributed by atoms with van der Waals surface area (Å²) in [6.45, 7) is 0. The van der Waals surface area contributed by atoms with Gasteiger partial charge in [0.25, 0.3) is 5.91 Å². The van der Waals surface area contributed by atoms with E-state index >= 15 is 0 Å². The summed E-state index contributed by atoms with van der Waals surface area (Å²) in [7, 11) is 0. The highest BCUT2D eigenvalue weighted by molar-refractivity contribution is 6.30. The molecule has 0 bridgehead atoms. The van der Waals surface area contributed by atoms with Crippen molar-refractivity contribution in [2.24, 2.45) is 0 Å². The molecule has 1 aromatic heterocycles. The van der Waals surface area contributed by atoms with Gasteiger partial charge in [0.15, 0.2) is 0 Å². The number of nitrogens with one attached hydrogen (secondary N) is 1. The number of halogens is 1. The van der Waals surface area contributed by atoms with E-state index in [1.54, 1.807) is 24.3 Å². The molecule has 1 heterocycles. The molecule has 0 radical (unpaired) electrons. The van der Waals surface area contributed by atoms with Crippen LogP contribution in [-0.4, -0.2) is 5.91 Å². The summed E-state index contributed by atoms with van der Waals surface area (Å²) in [5.74, 6) is 0.195. The van der Waals surface area contributed by atoms with Gasteiger partial charge < -0.3 is 4.42 Å². The standard InChI is InChI=1S/C21H14ClNO2/c22-16-12-10-15(11-13-16)20(24)23-21-19(14-6-2-1-3-7-14)17-8-4-5-9-18(17)25-21/h1-13H,(H,23,24).